The SMILES string of the molecule is O=P(O)(O)OP(=O)(O)OP(=O)(O)NCCc1cnc[nH]1. The molecule has 0 amide bonds. The molecule has 0 aliphatic rings. The van der Waals surface area contributed by atoms with Crippen LogP contribution in [0.2, 0.25) is 0 Å². The highest BCUT2D eigenvalue weighted by atomic mass is 31.3. The summed E-state index contributed by atoms with van der Waals surface area (Å²) in [6, 6.07) is 0. The number of phosphoric acid groups is 2. The molecule has 1 rings (SSSR count). The van der Waals surface area contributed by atoms with E-state index < -0.39 is 23.4 Å². The fourth-order valence-electron chi connectivity index (χ4n) is 1.07. The van der Waals surface area contributed by atoms with Gasteiger partial charge in [-0.2, -0.15) is 8.62 Å². The molecule has 0 fully saturated rings. The molecule has 0 aromatic carbocycles. The fourth-order valence-corrected chi connectivity index (χ4v) is 4.28. The Morgan fingerprint density at radius 3 is 2.35 bits per heavy atom. The molecule has 116 valence electrons. The Hall–Kier alpha value is -0.380. The van der Waals surface area contributed by atoms with E-state index in [2.05, 4.69) is 18.6 Å². The fraction of sp³-hybridized carbons (Fsp3) is 0.400. The van der Waals surface area contributed by atoms with E-state index in [0.717, 1.165) is 0 Å². The van der Waals surface area contributed by atoms with Crippen LogP contribution in [0.25, 0.3) is 0 Å². The number of hydrogen-bond acceptors (Lipinski definition) is 6. The highest BCUT2D eigenvalue weighted by Gasteiger charge is 2.39. The topological polar surface area (TPSA) is 191 Å². The van der Waals surface area contributed by atoms with Crippen molar-refractivity contribution in [3.8, 4) is 0 Å². The number of nitrogens with one attached hydrogen (secondary N) is 2. The van der Waals surface area contributed by atoms with E-state index in [4.69, 9.17) is 14.7 Å². The van der Waals surface area contributed by atoms with Crippen molar-refractivity contribution in [2.45, 2.75) is 6.42 Å². The van der Waals surface area contributed by atoms with Gasteiger partial charge in [0.05, 0.1) is 6.33 Å². The van der Waals surface area contributed by atoms with Gasteiger partial charge in [-0.1, -0.05) is 0 Å². The van der Waals surface area contributed by atoms with Gasteiger partial charge in [0.1, 0.15) is 0 Å². The molecule has 0 radical (unpaired) electrons. The molecule has 1 heterocycles. The van der Waals surface area contributed by atoms with Crippen LogP contribution in [0.15, 0.2) is 12.5 Å². The summed E-state index contributed by atoms with van der Waals surface area (Å²) in [7, 11) is -15.5. The van der Waals surface area contributed by atoms with Crippen molar-refractivity contribution < 1.29 is 41.9 Å². The first-order valence-electron chi connectivity index (χ1n) is 4.85. The maximum absolute atomic E-state index is 11.4. The van der Waals surface area contributed by atoms with Gasteiger partial charge in [-0.15, -0.1) is 0 Å². The second-order valence-electron chi connectivity index (χ2n) is 3.38. The molecule has 1 aromatic rings. The minimum Gasteiger partial charge on any atom is -0.348 e. The minimum atomic E-state index is -5.39. The number of aromatic amines is 1. The lowest BCUT2D eigenvalue weighted by Crippen LogP contribution is -2.15. The summed E-state index contributed by atoms with van der Waals surface area (Å²) in [4.78, 5) is 41.2. The van der Waals surface area contributed by atoms with Crippen molar-refractivity contribution in [3.05, 3.63) is 18.2 Å². The Kier molecular flexibility index (Phi) is 5.82. The Labute approximate surface area is 112 Å². The molecule has 2 unspecified atom stereocenters. The van der Waals surface area contributed by atoms with Crippen molar-refractivity contribution in [1.82, 2.24) is 15.1 Å². The van der Waals surface area contributed by atoms with Gasteiger partial charge in [0.2, 0.25) is 0 Å². The molecule has 12 nitrogen and oxygen atoms in total. The highest BCUT2D eigenvalue weighted by Crippen LogP contribution is 2.64. The summed E-state index contributed by atoms with van der Waals surface area (Å²) in [5.74, 6) is 0. The summed E-state index contributed by atoms with van der Waals surface area (Å²) >= 11 is 0. The third kappa shape index (κ3) is 7.41. The third-order valence-corrected chi connectivity index (χ3v) is 5.69. The van der Waals surface area contributed by atoms with Crippen molar-refractivity contribution in [2.24, 2.45) is 0 Å². The van der Waals surface area contributed by atoms with Crippen molar-refractivity contribution in [2.75, 3.05) is 6.54 Å². The van der Waals surface area contributed by atoms with Gasteiger partial charge in [0.15, 0.2) is 0 Å². The van der Waals surface area contributed by atoms with Crippen LogP contribution >= 0.6 is 23.4 Å². The van der Waals surface area contributed by atoms with Crippen LogP contribution in [0.1, 0.15) is 5.69 Å². The Morgan fingerprint density at radius 2 is 1.85 bits per heavy atom. The summed E-state index contributed by atoms with van der Waals surface area (Å²) in [5.41, 5.74) is 0.621. The largest absolute Gasteiger partial charge is 0.489 e. The summed E-state index contributed by atoms with van der Waals surface area (Å²) in [6.07, 6.45) is 3.07. The summed E-state index contributed by atoms with van der Waals surface area (Å²) < 4.78 is 40.0. The monoisotopic (exact) mass is 351 g/mol. The zero-order valence-electron chi connectivity index (χ0n) is 9.69. The predicted molar refractivity (Wildman–Crippen MR) is 64.2 cm³/mol. The molecule has 1 aromatic heterocycles. The zero-order valence-corrected chi connectivity index (χ0v) is 12.4. The smallest absolute Gasteiger partial charge is 0.348 e. The van der Waals surface area contributed by atoms with Gasteiger partial charge in [0, 0.05) is 24.9 Å². The number of hydrogen-bond donors (Lipinski definition) is 6. The van der Waals surface area contributed by atoms with E-state index in [0.29, 0.717) is 5.69 Å². The van der Waals surface area contributed by atoms with E-state index in [1.807, 2.05) is 5.09 Å². The average molecular weight is 351 g/mol. The lowest BCUT2D eigenvalue weighted by Gasteiger charge is -2.16. The normalized spacial score (nSPS) is 18.4. The third-order valence-electron chi connectivity index (χ3n) is 1.68. The van der Waals surface area contributed by atoms with Gasteiger partial charge in [0.25, 0.3) is 0 Å². The summed E-state index contributed by atoms with van der Waals surface area (Å²) in [5, 5.41) is 1.92. The van der Waals surface area contributed by atoms with Crippen molar-refractivity contribution >= 4 is 23.4 Å². The lowest BCUT2D eigenvalue weighted by atomic mass is 10.3. The van der Waals surface area contributed by atoms with Crippen LogP contribution < -0.4 is 5.09 Å². The Balaban J connectivity index is 2.50. The van der Waals surface area contributed by atoms with Gasteiger partial charge < -0.3 is 24.6 Å². The molecular formula is C5H12N3O9P3. The van der Waals surface area contributed by atoms with E-state index in [9.17, 15) is 18.6 Å². The van der Waals surface area contributed by atoms with Crippen LogP contribution in [0.4, 0.5) is 0 Å². The van der Waals surface area contributed by atoms with E-state index in [-0.39, 0.29) is 13.0 Å². The lowest BCUT2D eigenvalue weighted by molar-refractivity contribution is 0.221. The molecule has 0 spiro atoms. The number of H-pyrrole nitrogens is 1. The molecule has 6 N–H and O–H groups in total. The quantitative estimate of drug-likeness (QED) is 0.342. The predicted octanol–water partition coefficient (Wildman–Crippen LogP) is -0.132. The molecule has 20 heavy (non-hydrogen) atoms. The number of nitrogens with zero attached hydrogens (tertiary/aromatic N) is 1. The standard InChI is InChI=1S/C5H12N3O9P3/c9-18(10,8-2-1-5-3-6-4-7-5)16-20(14,15)17-19(11,12)13/h3-4H,1-2H2,(H,6,7)(H,14,15)(H2,8,9,10)(H2,11,12,13). The molecule has 0 aliphatic heterocycles. The van der Waals surface area contributed by atoms with Crippen molar-refractivity contribution in [1.29, 1.82) is 0 Å². The first-order valence-corrected chi connectivity index (χ1v) is 9.46. The Bertz CT molecular complexity index is 567. The molecule has 0 aliphatic carbocycles. The molecule has 2 atom stereocenters. The van der Waals surface area contributed by atoms with Gasteiger partial charge in [-0.25, -0.2) is 23.8 Å². The highest BCUT2D eigenvalue weighted by molar-refractivity contribution is 7.67. The van der Waals surface area contributed by atoms with Crippen molar-refractivity contribution in [3.63, 3.8) is 0 Å². The first-order chi connectivity index (χ1) is 8.99. The van der Waals surface area contributed by atoms with Crippen LogP contribution in [0.3, 0.4) is 0 Å². The maximum Gasteiger partial charge on any atom is 0.489 e. The molecular weight excluding hydrogens is 339 g/mol. The average Bonchev–Trinajstić information content (AvgIpc) is 2.63. The Morgan fingerprint density at radius 1 is 1.20 bits per heavy atom. The molecule has 0 saturated carbocycles. The van der Waals surface area contributed by atoms with Crippen LogP contribution in [-0.4, -0.2) is 36.1 Å². The van der Waals surface area contributed by atoms with Crippen LogP contribution in [-0.2, 0) is 28.7 Å². The van der Waals surface area contributed by atoms with Gasteiger partial charge >= 0.3 is 23.4 Å². The second kappa shape index (κ2) is 6.59. The summed E-state index contributed by atoms with van der Waals surface area (Å²) in [6.45, 7) is -0.133. The number of imidazole rings is 1. The molecule has 0 bridgehead atoms. The number of rotatable bonds is 8. The molecule has 0 saturated heterocycles. The van der Waals surface area contributed by atoms with E-state index in [1.165, 1.54) is 12.5 Å². The van der Waals surface area contributed by atoms with Crippen LogP contribution in [0.5, 0.6) is 0 Å². The van der Waals surface area contributed by atoms with E-state index in [1.54, 1.807) is 0 Å². The van der Waals surface area contributed by atoms with Gasteiger partial charge in [-0.3, -0.25) is 0 Å². The first kappa shape index (κ1) is 17.7. The minimum absolute atomic E-state index is 0.133. The maximum atomic E-state index is 11.4. The zero-order chi connectivity index (χ0) is 15.4. The van der Waals surface area contributed by atoms with Gasteiger partial charge in [-0.05, 0) is 0 Å². The molecule has 15 heteroatoms. The second-order valence-corrected chi connectivity index (χ2v) is 7.96. The number of aromatic nitrogens is 2. The van der Waals surface area contributed by atoms with E-state index >= 15 is 0 Å². The van der Waals surface area contributed by atoms with Crippen LogP contribution in [0, 0.1) is 0 Å².